The largest absolute Gasteiger partial charge is 0.384 e. The quantitative estimate of drug-likeness (QED) is 0.891. The van der Waals surface area contributed by atoms with Crippen molar-refractivity contribution in [1.82, 2.24) is 4.98 Å². The van der Waals surface area contributed by atoms with E-state index in [1.54, 1.807) is 19.1 Å². The molecule has 1 aromatic carbocycles. The van der Waals surface area contributed by atoms with Crippen molar-refractivity contribution in [3.8, 4) is 0 Å². The fourth-order valence-electron chi connectivity index (χ4n) is 1.94. The fraction of sp³-hybridized carbons (Fsp3) is 0.214. The van der Waals surface area contributed by atoms with Gasteiger partial charge in [0, 0.05) is 18.9 Å². The average Bonchev–Trinajstić information content (AvgIpc) is 2.37. The number of aryl methyl sites for hydroxylation is 1. The van der Waals surface area contributed by atoms with Crippen LogP contribution in [0, 0.1) is 12.7 Å². The molecule has 21 heavy (non-hydrogen) atoms. The zero-order chi connectivity index (χ0) is 15.5. The Bertz CT molecular complexity index is 727. The summed E-state index contributed by atoms with van der Waals surface area (Å²) in [6, 6.07) is 5.60. The van der Waals surface area contributed by atoms with Gasteiger partial charge >= 0.3 is 0 Å². The van der Waals surface area contributed by atoms with Gasteiger partial charge in [-0.2, -0.15) is 0 Å². The van der Waals surface area contributed by atoms with Crippen LogP contribution in [-0.4, -0.2) is 19.9 Å². The first-order valence-corrected chi connectivity index (χ1v) is 7.88. The van der Waals surface area contributed by atoms with Gasteiger partial charge in [0.15, 0.2) is 0 Å². The molecule has 5 nitrogen and oxygen atoms in total. The maximum Gasteiger partial charge on any atom is 0.265 e. The number of rotatable bonds is 5. The zero-order valence-corrected chi connectivity index (χ0v) is 12.5. The fourth-order valence-corrected chi connectivity index (χ4v) is 3.10. The van der Waals surface area contributed by atoms with E-state index in [-0.39, 0.29) is 10.6 Å². The highest BCUT2D eigenvalue weighted by Crippen LogP contribution is 2.23. The molecule has 0 radical (unpaired) electrons. The first kappa shape index (κ1) is 15.2. The van der Waals surface area contributed by atoms with E-state index in [9.17, 15) is 12.8 Å². The molecule has 0 aliphatic heterocycles. The molecule has 2 N–H and O–H groups in total. The van der Waals surface area contributed by atoms with E-state index < -0.39 is 15.8 Å². The number of nitrogens with one attached hydrogen (secondary N) is 2. The topological polar surface area (TPSA) is 71.1 Å². The molecule has 7 heteroatoms. The Labute approximate surface area is 123 Å². The molecule has 1 heterocycles. The number of hydrogen-bond donors (Lipinski definition) is 2. The predicted molar refractivity (Wildman–Crippen MR) is 80.3 cm³/mol. The van der Waals surface area contributed by atoms with E-state index in [1.807, 2.05) is 6.92 Å². The predicted octanol–water partition coefficient (Wildman–Crippen LogP) is 2.76. The smallest absolute Gasteiger partial charge is 0.265 e. The van der Waals surface area contributed by atoms with Crippen LogP contribution >= 0.6 is 0 Å². The minimum atomic E-state index is -3.84. The first-order valence-electron chi connectivity index (χ1n) is 6.40. The summed E-state index contributed by atoms with van der Waals surface area (Å²) in [6.45, 7) is 4.13. The van der Waals surface area contributed by atoms with Crippen molar-refractivity contribution in [2.24, 2.45) is 0 Å². The summed E-state index contributed by atoms with van der Waals surface area (Å²) in [5.74, 6) is -0.495. The van der Waals surface area contributed by atoms with Crippen LogP contribution in [0.1, 0.15) is 12.5 Å². The Morgan fingerprint density at radius 3 is 2.71 bits per heavy atom. The van der Waals surface area contributed by atoms with Gasteiger partial charge < -0.3 is 5.32 Å². The summed E-state index contributed by atoms with van der Waals surface area (Å²) < 4.78 is 40.5. The van der Waals surface area contributed by atoms with Crippen LogP contribution in [0.5, 0.6) is 0 Å². The normalized spacial score (nSPS) is 11.2. The lowest BCUT2D eigenvalue weighted by Gasteiger charge is -2.13. The van der Waals surface area contributed by atoms with Gasteiger partial charge in [-0.15, -0.1) is 0 Å². The summed E-state index contributed by atoms with van der Waals surface area (Å²) >= 11 is 0. The summed E-state index contributed by atoms with van der Waals surface area (Å²) in [7, 11) is -3.84. The third-order valence-electron chi connectivity index (χ3n) is 2.74. The Balaban J connectivity index is 2.38. The second-order valence-corrected chi connectivity index (χ2v) is 6.18. The zero-order valence-electron chi connectivity index (χ0n) is 11.7. The lowest BCUT2D eigenvalue weighted by molar-refractivity contribution is 0.601. The molecule has 0 bridgehead atoms. The lowest BCUT2D eigenvalue weighted by Crippen LogP contribution is -2.16. The van der Waals surface area contributed by atoms with Crippen LogP contribution in [0.4, 0.5) is 15.8 Å². The number of pyridine rings is 1. The molecule has 0 aliphatic rings. The molecule has 0 unspecified atom stereocenters. The van der Waals surface area contributed by atoms with Crippen LogP contribution in [0.15, 0.2) is 41.6 Å². The minimum absolute atomic E-state index is 0.0220. The number of benzene rings is 1. The molecule has 2 rings (SSSR count). The number of hydrogen-bond acceptors (Lipinski definition) is 4. The Kier molecular flexibility index (Phi) is 4.42. The van der Waals surface area contributed by atoms with E-state index in [0.29, 0.717) is 17.8 Å². The molecule has 0 fully saturated rings. The number of aromatic nitrogens is 1. The second-order valence-electron chi connectivity index (χ2n) is 4.52. The van der Waals surface area contributed by atoms with E-state index in [4.69, 9.17) is 0 Å². The monoisotopic (exact) mass is 309 g/mol. The van der Waals surface area contributed by atoms with Crippen molar-refractivity contribution >= 4 is 21.4 Å². The molecular weight excluding hydrogens is 293 g/mol. The van der Waals surface area contributed by atoms with Crippen LogP contribution in [0.3, 0.4) is 0 Å². The van der Waals surface area contributed by atoms with Gasteiger partial charge in [0.25, 0.3) is 10.0 Å². The Morgan fingerprint density at radius 1 is 1.29 bits per heavy atom. The minimum Gasteiger partial charge on any atom is -0.384 e. The van der Waals surface area contributed by atoms with Crippen molar-refractivity contribution in [2.45, 2.75) is 18.7 Å². The van der Waals surface area contributed by atoms with Gasteiger partial charge in [-0.05, 0) is 43.7 Å². The molecule has 1 aromatic heterocycles. The van der Waals surface area contributed by atoms with Gasteiger partial charge in [-0.3, -0.25) is 9.71 Å². The van der Waals surface area contributed by atoms with E-state index in [0.717, 1.165) is 6.07 Å². The van der Waals surface area contributed by atoms with Gasteiger partial charge in [0.05, 0.1) is 11.4 Å². The van der Waals surface area contributed by atoms with Gasteiger partial charge in [-0.1, -0.05) is 0 Å². The van der Waals surface area contributed by atoms with E-state index in [1.165, 1.54) is 18.5 Å². The summed E-state index contributed by atoms with van der Waals surface area (Å²) in [6.07, 6.45) is 2.76. The number of halogens is 1. The van der Waals surface area contributed by atoms with Crippen molar-refractivity contribution in [3.63, 3.8) is 0 Å². The van der Waals surface area contributed by atoms with Crippen LogP contribution in [0.2, 0.25) is 0 Å². The number of anilines is 2. The molecule has 0 aliphatic carbocycles. The Morgan fingerprint density at radius 2 is 2.05 bits per heavy atom. The first-order chi connectivity index (χ1) is 9.92. The van der Waals surface area contributed by atoms with E-state index in [2.05, 4.69) is 15.0 Å². The summed E-state index contributed by atoms with van der Waals surface area (Å²) in [5, 5.41) is 2.96. The second kappa shape index (κ2) is 6.09. The molecule has 2 aromatic rings. The lowest BCUT2D eigenvalue weighted by atomic mass is 10.2. The highest BCUT2D eigenvalue weighted by Gasteiger charge is 2.19. The summed E-state index contributed by atoms with van der Waals surface area (Å²) in [4.78, 5) is 3.86. The van der Waals surface area contributed by atoms with Crippen molar-refractivity contribution < 1.29 is 12.8 Å². The van der Waals surface area contributed by atoms with E-state index >= 15 is 0 Å². The molecule has 0 atom stereocenters. The SMILES string of the molecule is CCNc1ccncc1S(=O)(=O)Nc1cc(C)cc(F)c1. The summed E-state index contributed by atoms with van der Waals surface area (Å²) in [5.41, 5.74) is 1.26. The van der Waals surface area contributed by atoms with Gasteiger partial charge in [0.1, 0.15) is 10.7 Å². The number of nitrogens with zero attached hydrogens (tertiary/aromatic N) is 1. The molecular formula is C14H16FN3O2S. The molecule has 0 amide bonds. The third-order valence-corrected chi connectivity index (χ3v) is 4.14. The maximum atomic E-state index is 13.3. The van der Waals surface area contributed by atoms with Crippen LogP contribution in [-0.2, 0) is 10.0 Å². The molecule has 0 saturated carbocycles. The maximum absolute atomic E-state index is 13.3. The van der Waals surface area contributed by atoms with Crippen molar-refractivity contribution in [1.29, 1.82) is 0 Å². The third kappa shape index (κ3) is 3.69. The molecule has 0 spiro atoms. The highest BCUT2D eigenvalue weighted by molar-refractivity contribution is 7.92. The standard InChI is InChI=1S/C14H16FN3O2S/c1-3-17-13-4-5-16-9-14(13)21(19,20)18-12-7-10(2)6-11(15)8-12/h4-9,18H,3H2,1-2H3,(H,16,17). The van der Waals surface area contributed by atoms with Crippen molar-refractivity contribution in [2.75, 3.05) is 16.6 Å². The average molecular weight is 309 g/mol. The highest BCUT2D eigenvalue weighted by atomic mass is 32.2. The van der Waals surface area contributed by atoms with Gasteiger partial charge in [0.2, 0.25) is 0 Å². The Hall–Kier alpha value is -2.15. The van der Waals surface area contributed by atoms with Crippen LogP contribution < -0.4 is 10.0 Å². The van der Waals surface area contributed by atoms with Crippen molar-refractivity contribution in [3.05, 3.63) is 48.0 Å². The van der Waals surface area contributed by atoms with Gasteiger partial charge in [-0.25, -0.2) is 12.8 Å². The molecule has 112 valence electrons. The number of sulfonamides is 1. The van der Waals surface area contributed by atoms with Crippen LogP contribution in [0.25, 0.3) is 0 Å². The molecule has 0 saturated heterocycles.